The fourth-order valence-electron chi connectivity index (χ4n) is 5.16. The maximum atomic E-state index is 9.98. The predicted octanol–water partition coefficient (Wildman–Crippen LogP) is 3.76. The fourth-order valence-corrected chi connectivity index (χ4v) is 5.16. The monoisotopic (exact) mass is 222 g/mol. The minimum absolute atomic E-state index is 0.368. The molecule has 16 heavy (non-hydrogen) atoms. The quantitative estimate of drug-likeness (QED) is 0.705. The highest BCUT2D eigenvalue weighted by atomic mass is 16.3. The molecule has 3 saturated carbocycles. The summed E-state index contributed by atoms with van der Waals surface area (Å²) in [7, 11) is 0. The van der Waals surface area contributed by atoms with Gasteiger partial charge in [0.25, 0.3) is 0 Å². The SMILES string of the molecule is OCC1(C2CCCCCC2)CC2CCC1C2. The summed E-state index contributed by atoms with van der Waals surface area (Å²) in [6.45, 7) is 0.485. The normalized spacial score (nSPS) is 44.8. The maximum Gasteiger partial charge on any atom is 0.0492 e. The molecule has 3 rings (SSSR count). The third-order valence-corrected chi connectivity index (χ3v) is 5.99. The van der Waals surface area contributed by atoms with Crippen LogP contribution < -0.4 is 0 Å². The summed E-state index contributed by atoms with van der Waals surface area (Å²) in [5.41, 5.74) is 0.368. The Morgan fingerprint density at radius 1 is 0.875 bits per heavy atom. The largest absolute Gasteiger partial charge is 0.396 e. The van der Waals surface area contributed by atoms with Crippen LogP contribution in [0.3, 0.4) is 0 Å². The smallest absolute Gasteiger partial charge is 0.0492 e. The highest BCUT2D eigenvalue weighted by Crippen LogP contribution is 2.61. The third kappa shape index (κ3) is 1.63. The molecule has 3 unspecified atom stereocenters. The van der Waals surface area contributed by atoms with Gasteiger partial charge in [-0.25, -0.2) is 0 Å². The molecule has 0 aromatic rings. The number of rotatable bonds is 2. The molecule has 0 aromatic heterocycles. The first kappa shape index (κ1) is 11.1. The van der Waals surface area contributed by atoms with Gasteiger partial charge in [0.15, 0.2) is 0 Å². The van der Waals surface area contributed by atoms with E-state index in [1.54, 1.807) is 0 Å². The van der Waals surface area contributed by atoms with Gasteiger partial charge in [-0.15, -0.1) is 0 Å². The Labute approximate surface area is 99.6 Å². The Hall–Kier alpha value is -0.0400. The van der Waals surface area contributed by atoms with E-state index in [9.17, 15) is 5.11 Å². The van der Waals surface area contributed by atoms with Crippen LogP contribution in [0.2, 0.25) is 0 Å². The average molecular weight is 222 g/mol. The summed E-state index contributed by atoms with van der Waals surface area (Å²) in [6.07, 6.45) is 14.2. The molecule has 3 atom stereocenters. The van der Waals surface area contributed by atoms with Crippen molar-refractivity contribution in [3.05, 3.63) is 0 Å². The zero-order valence-electron chi connectivity index (χ0n) is 10.5. The number of fused-ring (bicyclic) bond motifs is 2. The molecule has 3 aliphatic carbocycles. The van der Waals surface area contributed by atoms with Crippen LogP contribution in [0, 0.1) is 23.2 Å². The summed E-state index contributed by atoms with van der Waals surface area (Å²) in [4.78, 5) is 0. The highest BCUT2D eigenvalue weighted by molar-refractivity contribution is 5.03. The zero-order valence-corrected chi connectivity index (χ0v) is 10.5. The van der Waals surface area contributed by atoms with Crippen LogP contribution in [-0.2, 0) is 0 Å². The lowest BCUT2D eigenvalue weighted by Crippen LogP contribution is -2.39. The summed E-state index contributed by atoms with van der Waals surface area (Å²) >= 11 is 0. The van der Waals surface area contributed by atoms with Crippen molar-refractivity contribution in [2.45, 2.75) is 64.2 Å². The first-order valence-corrected chi connectivity index (χ1v) is 7.46. The molecule has 0 spiro atoms. The van der Waals surface area contributed by atoms with Gasteiger partial charge in [0.1, 0.15) is 0 Å². The maximum absolute atomic E-state index is 9.98. The molecule has 2 bridgehead atoms. The lowest BCUT2D eigenvalue weighted by molar-refractivity contribution is -0.000385. The van der Waals surface area contributed by atoms with Crippen LogP contribution in [0.4, 0.5) is 0 Å². The topological polar surface area (TPSA) is 20.2 Å². The van der Waals surface area contributed by atoms with Crippen molar-refractivity contribution in [3.63, 3.8) is 0 Å². The van der Waals surface area contributed by atoms with Gasteiger partial charge in [-0.05, 0) is 55.3 Å². The van der Waals surface area contributed by atoms with Crippen molar-refractivity contribution < 1.29 is 5.11 Å². The number of hydrogen-bond donors (Lipinski definition) is 1. The zero-order chi connectivity index (χ0) is 11.0. The summed E-state index contributed by atoms with van der Waals surface area (Å²) < 4.78 is 0. The van der Waals surface area contributed by atoms with Crippen molar-refractivity contribution in [1.82, 2.24) is 0 Å². The van der Waals surface area contributed by atoms with E-state index in [-0.39, 0.29) is 0 Å². The third-order valence-electron chi connectivity index (χ3n) is 5.99. The second-order valence-electron chi connectivity index (χ2n) is 6.66. The van der Waals surface area contributed by atoms with Crippen molar-refractivity contribution in [2.24, 2.45) is 23.2 Å². The van der Waals surface area contributed by atoms with E-state index >= 15 is 0 Å². The van der Waals surface area contributed by atoms with Crippen molar-refractivity contribution in [3.8, 4) is 0 Å². The number of hydrogen-bond acceptors (Lipinski definition) is 1. The van der Waals surface area contributed by atoms with Crippen molar-refractivity contribution in [2.75, 3.05) is 6.61 Å². The number of aliphatic hydroxyl groups is 1. The van der Waals surface area contributed by atoms with Gasteiger partial charge in [-0.3, -0.25) is 0 Å². The molecule has 1 N–H and O–H groups in total. The number of aliphatic hydroxyl groups excluding tert-OH is 1. The molecule has 0 radical (unpaired) electrons. The Kier molecular flexibility index (Phi) is 2.99. The summed E-state index contributed by atoms with van der Waals surface area (Å²) in [6, 6.07) is 0. The molecule has 3 fully saturated rings. The Bertz CT molecular complexity index is 242. The predicted molar refractivity (Wildman–Crippen MR) is 66.2 cm³/mol. The lowest BCUT2D eigenvalue weighted by atomic mass is 9.63. The Balaban J connectivity index is 1.78. The molecule has 1 heteroatoms. The minimum Gasteiger partial charge on any atom is -0.396 e. The van der Waals surface area contributed by atoms with E-state index in [2.05, 4.69) is 0 Å². The Morgan fingerprint density at radius 2 is 1.62 bits per heavy atom. The van der Waals surface area contributed by atoms with Crippen LogP contribution in [0.25, 0.3) is 0 Å². The lowest BCUT2D eigenvalue weighted by Gasteiger charge is -2.43. The van der Waals surface area contributed by atoms with Gasteiger partial charge in [0.05, 0.1) is 0 Å². The molecule has 0 aromatic carbocycles. The molecular weight excluding hydrogens is 196 g/mol. The van der Waals surface area contributed by atoms with E-state index in [4.69, 9.17) is 0 Å². The molecular formula is C15H26O. The van der Waals surface area contributed by atoms with E-state index in [0.717, 1.165) is 17.8 Å². The van der Waals surface area contributed by atoms with E-state index in [0.29, 0.717) is 12.0 Å². The van der Waals surface area contributed by atoms with E-state index in [1.165, 1.54) is 64.2 Å². The summed E-state index contributed by atoms with van der Waals surface area (Å²) in [5.74, 6) is 2.71. The van der Waals surface area contributed by atoms with Gasteiger partial charge in [-0.1, -0.05) is 32.1 Å². The first-order valence-electron chi connectivity index (χ1n) is 7.46. The van der Waals surface area contributed by atoms with Crippen LogP contribution in [0.1, 0.15) is 64.2 Å². The molecule has 3 aliphatic rings. The molecule has 0 saturated heterocycles. The Morgan fingerprint density at radius 3 is 2.12 bits per heavy atom. The second kappa shape index (κ2) is 4.33. The fraction of sp³-hybridized carbons (Fsp3) is 1.00. The van der Waals surface area contributed by atoms with Crippen LogP contribution in [-0.4, -0.2) is 11.7 Å². The summed E-state index contributed by atoms with van der Waals surface area (Å²) in [5, 5.41) is 9.98. The van der Waals surface area contributed by atoms with Gasteiger partial charge in [0.2, 0.25) is 0 Å². The minimum atomic E-state index is 0.368. The van der Waals surface area contributed by atoms with Gasteiger partial charge < -0.3 is 5.11 Å². The van der Waals surface area contributed by atoms with Gasteiger partial charge in [-0.2, -0.15) is 0 Å². The van der Waals surface area contributed by atoms with Crippen molar-refractivity contribution in [1.29, 1.82) is 0 Å². The van der Waals surface area contributed by atoms with E-state index in [1.807, 2.05) is 0 Å². The molecule has 92 valence electrons. The van der Waals surface area contributed by atoms with E-state index < -0.39 is 0 Å². The van der Waals surface area contributed by atoms with Crippen molar-refractivity contribution >= 4 is 0 Å². The van der Waals surface area contributed by atoms with Crippen LogP contribution in [0.15, 0.2) is 0 Å². The molecule has 0 aliphatic heterocycles. The standard InChI is InChI=1S/C15H26O/c16-11-15(10-12-7-8-14(15)9-12)13-5-3-1-2-4-6-13/h12-14,16H,1-11H2. The average Bonchev–Trinajstić information content (AvgIpc) is 2.80. The van der Waals surface area contributed by atoms with Gasteiger partial charge >= 0.3 is 0 Å². The first-order chi connectivity index (χ1) is 7.85. The molecule has 0 heterocycles. The van der Waals surface area contributed by atoms with Gasteiger partial charge in [0, 0.05) is 6.61 Å². The second-order valence-corrected chi connectivity index (χ2v) is 6.66. The highest BCUT2D eigenvalue weighted by Gasteiger charge is 2.53. The van der Waals surface area contributed by atoms with Crippen LogP contribution in [0.5, 0.6) is 0 Å². The van der Waals surface area contributed by atoms with Crippen LogP contribution >= 0.6 is 0 Å². The molecule has 0 amide bonds. The molecule has 1 nitrogen and oxygen atoms in total.